The highest BCUT2D eigenvalue weighted by Gasteiger charge is 2.30. The molecule has 1 saturated carbocycles. The monoisotopic (exact) mass is 561 g/mol. The molecule has 6 rings (SSSR count). The van der Waals surface area contributed by atoms with Gasteiger partial charge in [-0.05, 0) is 54.1 Å². The number of nitrogens with one attached hydrogen (secondary N) is 2. The number of thiocarbonyl (C=S) groups is 1. The number of carbonyl (C=O) groups excluding carboxylic acids is 1. The zero-order chi connectivity index (χ0) is 26.1. The summed E-state index contributed by atoms with van der Waals surface area (Å²) in [7, 11) is 0. The number of thiophene rings is 1. The fourth-order valence-electron chi connectivity index (χ4n) is 5.06. The Balaban J connectivity index is 1.29. The minimum Gasteiger partial charge on any atom is -0.388 e. The highest BCUT2D eigenvalue weighted by atomic mass is 32.1. The Hall–Kier alpha value is -3.18. The third kappa shape index (κ3) is 4.96. The number of fused-ring (bicyclic) bond motifs is 2. The number of amides is 1. The van der Waals surface area contributed by atoms with E-state index in [1.165, 1.54) is 0 Å². The summed E-state index contributed by atoms with van der Waals surface area (Å²) in [5.74, 6) is -0.205. The van der Waals surface area contributed by atoms with E-state index in [2.05, 4.69) is 21.7 Å². The van der Waals surface area contributed by atoms with Gasteiger partial charge in [-0.3, -0.25) is 9.20 Å². The van der Waals surface area contributed by atoms with Crippen LogP contribution >= 0.6 is 34.9 Å². The van der Waals surface area contributed by atoms with Crippen molar-refractivity contribution in [3.63, 3.8) is 0 Å². The minimum absolute atomic E-state index is 0.205. The van der Waals surface area contributed by atoms with E-state index in [4.69, 9.17) is 17.2 Å². The van der Waals surface area contributed by atoms with Crippen molar-refractivity contribution in [3.05, 3.63) is 75.7 Å². The molecule has 7 nitrogen and oxygen atoms in total. The Labute approximate surface area is 233 Å². The van der Waals surface area contributed by atoms with Gasteiger partial charge in [0, 0.05) is 30.2 Å². The van der Waals surface area contributed by atoms with E-state index >= 15 is 0 Å². The van der Waals surface area contributed by atoms with Gasteiger partial charge in [0.15, 0.2) is 5.65 Å². The molecular formula is C28H27N5O2S3. The van der Waals surface area contributed by atoms with E-state index in [9.17, 15) is 9.90 Å². The first-order valence-electron chi connectivity index (χ1n) is 12.7. The van der Waals surface area contributed by atoms with Gasteiger partial charge in [-0.1, -0.05) is 37.5 Å². The van der Waals surface area contributed by atoms with Crippen LogP contribution in [0.2, 0.25) is 0 Å². The summed E-state index contributed by atoms with van der Waals surface area (Å²) in [6, 6.07) is 11.6. The van der Waals surface area contributed by atoms with Gasteiger partial charge in [-0.2, -0.15) is 11.3 Å². The lowest BCUT2D eigenvalue weighted by atomic mass is 9.85. The number of benzene rings is 1. The van der Waals surface area contributed by atoms with Gasteiger partial charge < -0.3 is 15.7 Å². The predicted molar refractivity (Wildman–Crippen MR) is 157 cm³/mol. The van der Waals surface area contributed by atoms with Crippen LogP contribution < -0.4 is 10.6 Å². The van der Waals surface area contributed by atoms with Gasteiger partial charge >= 0.3 is 0 Å². The SMILES string of the molecule is O=C(NCc1ccc2ncsc2c1)c1cccn2c(C(=S)NCC3(O)CCCCC3)c(-c3ccsc3)nc12. The standard InChI is InChI=1S/C28H27N5O2S3/c34-26(29-14-18-6-7-21-22(13-18)38-17-31-21)20-5-4-11-33-24(23(32-25(20)33)19-8-12-37-15-19)27(36)30-16-28(35)9-2-1-3-10-28/h4-8,11-13,15,17,35H,1-3,9-10,14,16H2,(H,29,34)(H,30,36). The van der Waals surface area contributed by atoms with Crippen LogP contribution in [0.4, 0.5) is 0 Å². The highest BCUT2D eigenvalue weighted by molar-refractivity contribution is 7.80. The van der Waals surface area contributed by atoms with Crippen LogP contribution in [0.15, 0.2) is 58.9 Å². The third-order valence-electron chi connectivity index (χ3n) is 7.12. The lowest BCUT2D eigenvalue weighted by molar-refractivity contribution is 0.00893. The average Bonchev–Trinajstić information content (AvgIpc) is 3.69. The van der Waals surface area contributed by atoms with E-state index in [0.717, 1.165) is 64.8 Å². The first-order chi connectivity index (χ1) is 18.5. The molecule has 4 heterocycles. The average molecular weight is 562 g/mol. The number of pyridine rings is 1. The topological polar surface area (TPSA) is 91.6 Å². The van der Waals surface area contributed by atoms with Gasteiger partial charge in [0.25, 0.3) is 5.91 Å². The first kappa shape index (κ1) is 25.1. The number of nitrogens with zero attached hydrogens (tertiary/aromatic N) is 3. The lowest BCUT2D eigenvalue weighted by Gasteiger charge is -2.32. The van der Waals surface area contributed by atoms with Gasteiger partial charge in [-0.15, -0.1) is 11.3 Å². The van der Waals surface area contributed by atoms with E-state index in [1.54, 1.807) is 28.7 Å². The van der Waals surface area contributed by atoms with Crippen molar-refractivity contribution in [1.82, 2.24) is 25.0 Å². The third-order valence-corrected chi connectivity index (χ3v) is 8.93. The van der Waals surface area contributed by atoms with E-state index in [1.807, 2.05) is 51.1 Å². The van der Waals surface area contributed by atoms with Crippen LogP contribution in [0.5, 0.6) is 0 Å². The second kappa shape index (κ2) is 10.5. The van der Waals surface area contributed by atoms with Gasteiger partial charge in [-0.25, -0.2) is 9.97 Å². The number of rotatable bonds is 7. The Kier molecular flexibility index (Phi) is 6.96. The molecule has 0 spiro atoms. The molecule has 0 unspecified atom stereocenters. The van der Waals surface area contributed by atoms with Gasteiger partial charge in [0.1, 0.15) is 16.4 Å². The van der Waals surface area contributed by atoms with Crippen molar-refractivity contribution in [1.29, 1.82) is 0 Å². The molecule has 0 aliphatic heterocycles. The number of aliphatic hydroxyl groups is 1. The molecule has 0 atom stereocenters. The van der Waals surface area contributed by atoms with Crippen LogP contribution in [0, 0.1) is 0 Å². The summed E-state index contributed by atoms with van der Waals surface area (Å²) in [5.41, 5.74) is 6.44. The number of aromatic nitrogens is 3. The maximum atomic E-state index is 13.3. The van der Waals surface area contributed by atoms with Crippen LogP contribution in [0.3, 0.4) is 0 Å². The zero-order valence-corrected chi connectivity index (χ0v) is 23.1. The lowest BCUT2D eigenvalue weighted by Crippen LogP contribution is -2.44. The minimum atomic E-state index is -0.751. The first-order valence-corrected chi connectivity index (χ1v) is 14.9. The van der Waals surface area contributed by atoms with Crippen molar-refractivity contribution < 1.29 is 9.90 Å². The maximum absolute atomic E-state index is 13.3. The Morgan fingerprint density at radius 1 is 1.16 bits per heavy atom. The molecule has 1 fully saturated rings. The molecular weight excluding hydrogens is 535 g/mol. The number of carbonyl (C=O) groups is 1. The summed E-state index contributed by atoms with van der Waals surface area (Å²) in [5, 5.41) is 21.4. The Morgan fingerprint density at radius 3 is 2.84 bits per heavy atom. The Morgan fingerprint density at radius 2 is 2.03 bits per heavy atom. The van der Waals surface area contributed by atoms with Crippen LogP contribution in [-0.2, 0) is 6.54 Å². The molecule has 10 heteroatoms. The highest BCUT2D eigenvalue weighted by Crippen LogP contribution is 2.30. The van der Waals surface area contributed by atoms with E-state index < -0.39 is 5.60 Å². The van der Waals surface area contributed by atoms with Crippen molar-refractivity contribution in [2.45, 2.75) is 44.2 Å². The molecule has 194 valence electrons. The number of thiazole rings is 1. The molecule has 1 amide bonds. The van der Waals surface area contributed by atoms with Crippen molar-refractivity contribution in [2.75, 3.05) is 6.54 Å². The summed E-state index contributed by atoms with van der Waals surface area (Å²) >= 11 is 9.02. The Bertz CT molecular complexity index is 1620. The second-order valence-electron chi connectivity index (χ2n) is 9.74. The molecule has 0 bridgehead atoms. The van der Waals surface area contributed by atoms with Crippen LogP contribution in [0.1, 0.15) is 53.7 Å². The molecule has 1 aliphatic carbocycles. The zero-order valence-electron chi connectivity index (χ0n) is 20.6. The summed E-state index contributed by atoms with van der Waals surface area (Å²) in [6.07, 6.45) is 6.63. The maximum Gasteiger partial charge on any atom is 0.255 e. The van der Waals surface area contributed by atoms with Crippen molar-refractivity contribution in [3.8, 4) is 11.3 Å². The molecule has 1 aromatic carbocycles. The quantitative estimate of drug-likeness (QED) is 0.225. The van der Waals surface area contributed by atoms with Gasteiger partial charge in [0.05, 0.1) is 26.9 Å². The van der Waals surface area contributed by atoms with Crippen molar-refractivity contribution in [2.24, 2.45) is 0 Å². The van der Waals surface area contributed by atoms with Crippen LogP contribution in [-0.4, -0.2) is 42.5 Å². The van der Waals surface area contributed by atoms with E-state index in [-0.39, 0.29) is 5.91 Å². The van der Waals surface area contributed by atoms with Gasteiger partial charge in [0.2, 0.25) is 0 Å². The molecule has 0 radical (unpaired) electrons. The fourth-order valence-corrected chi connectivity index (χ4v) is 6.71. The summed E-state index contributed by atoms with van der Waals surface area (Å²) in [4.78, 5) is 23.1. The number of hydrogen-bond donors (Lipinski definition) is 3. The molecule has 3 N–H and O–H groups in total. The molecule has 0 saturated heterocycles. The summed E-state index contributed by atoms with van der Waals surface area (Å²) in [6.45, 7) is 0.795. The molecule has 38 heavy (non-hydrogen) atoms. The molecule has 5 aromatic rings. The van der Waals surface area contributed by atoms with Crippen LogP contribution in [0.25, 0.3) is 27.1 Å². The summed E-state index contributed by atoms with van der Waals surface area (Å²) < 4.78 is 2.97. The van der Waals surface area contributed by atoms with Crippen molar-refractivity contribution >= 4 is 61.7 Å². The number of hydrogen-bond acceptors (Lipinski definition) is 7. The number of imidazole rings is 1. The fraction of sp³-hybridized carbons (Fsp3) is 0.286. The normalized spacial score (nSPS) is 15.1. The smallest absolute Gasteiger partial charge is 0.255 e. The van der Waals surface area contributed by atoms with E-state index in [0.29, 0.717) is 29.3 Å². The predicted octanol–water partition coefficient (Wildman–Crippen LogP) is 5.56. The largest absolute Gasteiger partial charge is 0.388 e. The molecule has 4 aromatic heterocycles. The second-order valence-corrected chi connectivity index (χ2v) is 11.8. The molecule has 1 aliphatic rings.